The van der Waals surface area contributed by atoms with E-state index in [0.717, 1.165) is 0 Å². The summed E-state index contributed by atoms with van der Waals surface area (Å²) in [6.07, 6.45) is 1.52. The highest BCUT2D eigenvalue weighted by Gasteiger charge is 2.31. The van der Waals surface area contributed by atoms with Crippen LogP contribution in [0.5, 0.6) is 0 Å². The molecule has 21 heavy (non-hydrogen) atoms. The van der Waals surface area contributed by atoms with E-state index in [1.54, 1.807) is 31.1 Å². The Hall–Kier alpha value is -2.15. The number of carbonyl (C=O) groups excluding carboxylic acids is 2. The summed E-state index contributed by atoms with van der Waals surface area (Å²) in [5.41, 5.74) is 0.890. The molecule has 0 unspecified atom stereocenters. The monoisotopic (exact) mass is 291 g/mol. The highest BCUT2D eigenvalue weighted by atomic mass is 16.2. The lowest BCUT2D eigenvalue weighted by atomic mass is 10.1. The first-order valence-corrected chi connectivity index (χ1v) is 6.78. The minimum Gasteiger partial charge on any atom is -0.343 e. The lowest BCUT2D eigenvalue weighted by Gasteiger charge is -2.42. The van der Waals surface area contributed by atoms with Crippen LogP contribution in [0.1, 0.15) is 10.5 Å². The van der Waals surface area contributed by atoms with Crippen molar-refractivity contribution in [3.8, 4) is 0 Å². The van der Waals surface area contributed by atoms with Gasteiger partial charge in [0.1, 0.15) is 5.69 Å². The highest BCUT2D eigenvalue weighted by molar-refractivity contribution is 5.95. The van der Waals surface area contributed by atoms with Gasteiger partial charge in [-0.2, -0.15) is 0 Å². The van der Waals surface area contributed by atoms with Gasteiger partial charge in [0.2, 0.25) is 0 Å². The van der Waals surface area contributed by atoms with Gasteiger partial charge in [0.15, 0.2) is 0 Å². The standard InChI is InChI=1S/C14H21N5O2/c1-17(2)11-8-19(9-11)14(21)16-10-5-6-15-12(7-10)13(20)18(3)4/h5-7,11H,8-9H2,1-4H3,(H,15,16,21). The minimum atomic E-state index is -0.192. The third-order valence-electron chi connectivity index (χ3n) is 3.52. The molecule has 7 heteroatoms. The fourth-order valence-corrected chi connectivity index (χ4v) is 2.00. The van der Waals surface area contributed by atoms with Gasteiger partial charge in [0, 0.05) is 45.1 Å². The van der Waals surface area contributed by atoms with Crippen molar-refractivity contribution in [1.82, 2.24) is 19.7 Å². The third kappa shape index (κ3) is 3.49. The van der Waals surface area contributed by atoms with Gasteiger partial charge < -0.3 is 20.0 Å². The number of amides is 3. The molecule has 0 saturated carbocycles. The zero-order valence-electron chi connectivity index (χ0n) is 12.8. The second-order valence-electron chi connectivity index (χ2n) is 5.58. The van der Waals surface area contributed by atoms with E-state index in [0.29, 0.717) is 30.5 Å². The second-order valence-corrected chi connectivity index (χ2v) is 5.58. The summed E-state index contributed by atoms with van der Waals surface area (Å²) in [4.78, 5) is 33.2. The van der Waals surface area contributed by atoms with Crippen LogP contribution in [0.25, 0.3) is 0 Å². The Morgan fingerprint density at radius 2 is 1.95 bits per heavy atom. The smallest absolute Gasteiger partial charge is 0.321 e. The SMILES string of the molecule is CN(C)C(=O)c1cc(NC(=O)N2CC(N(C)C)C2)ccn1. The van der Waals surface area contributed by atoms with Crippen molar-refractivity contribution in [1.29, 1.82) is 0 Å². The molecular formula is C14H21N5O2. The van der Waals surface area contributed by atoms with Crippen LogP contribution in [0.2, 0.25) is 0 Å². The maximum atomic E-state index is 12.1. The van der Waals surface area contributed by atoms with Gasteiger partial charge in [-0.05, 0) is 26.2 Å². The molecule has 0 spiro atoms. The molecule has 1 fully saturated rings. The van der Waals surface area contributed by atoms with Crippen LogP contribution >= 0.6 is 0 Å². The maximum Gasteiger partial charge on any atom is 0.321 e. The van der Waals surface area contributed by atoms with E-state index in [9.17, 15) is 9.59 Å². The second kappa shape index (κ2) is 6.09. The first-order valence-electron chi connectivity index (χ1n) is 6.78. The number of urea groups is 1. The normalized spacial score (nSPS) is 14.8. The number of pyridine rings is 1. The van der Waals surface area contributed by atoms with Gasteiger partial charge in [0.25, 0.3) is 5.91 Å². The zero-order valence-corrected chi connectivity index (χ0v) is 12.8. The molecule has 1 aromatic rings. The molecular weight excluding hydrogens is 270 g/mol. The number of nitrogens with zero attached hydrogens (tertiary/aromatic N) is 4. The summed E-state index contributed by atoms with van der Waals surface area (Å²) >= 11 is 0. The molecule has 0 aromatic carbocycles. The van der Waals surface area contributed by atoms with Crippen LogP contribution < -0.4 is 5.32 Å². The van der Waals surface area contributed by atoms with E-state index in [1.807, 2.05) is 14.1 Å². The van der Waals surface area contributed by atoms with E-state index in [4.69, 9.17) is 0 Å². The molecule has 0 bridgehead atoms. The van der Waals surface area contributed by atoms with Crippen molar-refractivity contribution in [2.24, 2.45) is 0 Å². The molecule has 0 atom stereocenters. The predicted octanol–water partition coefficient (Wildman–Crippen LogP) is 0.561. The van der Waals surface area contributed by atoms with E-state index < -0.39 is 0 Å². The Kier molecular flexibility index (Phi) is 4.42. The molecule has 0 radical (unpaired) electrons. The average Bonchev–Trinajstić information content (AvgIpc) is 2.35. The summed E-state index contributed by atoms with van der Waals surface area (Å²) < 4.78 is 0. The lowest BCUT2D eigenvalue weighted by molar-refractivity contribution is 0.0821. The minimum absolute atomic E-state index is 0.150. The molecule has 3 amide bonds. The number of hydrogen-bond acceptors (Lipinski definition) is 4. The van der Waals surface area contributed by atoms with Gasteiger partial charge in [-0.3, -0.25) is 9.78 Å². The topological polar surface area (TPSA) is 68.8 Å². The molecule has 2 heterocycles. The fourth-order valence-electron chi connectivity index (χ4n) is 2.00. The fraction of sp³-hybridized carbons (Fsp3) is 0.500. The number of likely N-dealkylation sites (N-methyl/N-ethyl adjacent to an activating group) is 1. The van der Waals surface area contributed by atoms with Crippen molar-refractivity contribution >= 4 is 17.6 Å². The van der Waals surface area contributed by atoms with Crippen LogP contribution in [-0.4, -0.2) is 78.9 Å². The molecule has 2 rings (SSSR count). The summed E-state index contributed by atoms with van der Waals surface area (Å²) in [5.74, 6) is -0.192. The molecule has 7 nitrogen and oxygen atoms in total. The molecule has 1 aromatic heterocycles. The summed E-state index contributed by atoms with van der Waals surface area (Å²) in [6, 6.07) is 3.53. The Morgan fingerprint density at radius 3 is 2.52 bits per heavy atom. The number of rotatable bonds is 3. The Bertz CT molecular complexity index is 538. The number of carbonyl (C=O) groups is 2. The average molecular weight is 291 g/mol. The summed E-state index contributed by atoms with van der Waals surface area (Å²) in [5, 5.41) is 2.80. The van der Waals surface area contributed by atoms with E-state index in [2.05, 4.69) is 15.2 Å². The summed E-state index contributed by atoms with van der Waals surface area (Å²) in [7, 11) is 7.33. The van der Waals surface area contributed by atoms with Crippen molar-refractivity contribution in [3.05, 3.63) is 24.0 Å². The number of likely N-dealkylation sites (tertiary alicyclic amines) is 1. The number of aromatic nitrogens is 1. The van der Waals surface area contributed by atoms with Crippen LogP contribution in [0.15, 0.2) is 18.3 Å². The van der Waals surface area contributed by atoms with Gasteiger partial charge >= 0.3 is 6.03 Å². The Labute approximate surface area is 124 Å². The van der Waals surface area contributed by atoms with E-state index >= 15 is 0 Å². The first-order chi connectivity index (χ1) is 9.88. The van der Waals surface area contributed by atoms with Crippen molar-refractivity contribution in [2.45, 2.75) is 6.04 Å². The Balaban J connectivity index is 1.96. The van der Waals surface area contributed by atoms with Gasteiger partial charge in [0.05, 0.1) is 0 Å². The molecule has 1 N–H and O–H groups in total. The van der Waals surface area contributed by atoms with E-state index in [1.165, 1.54) is 11.1 Å². The van der Waals surface area contributed by atoms with Crippen molar-refractivity contribution in [2.75, 3.05) is 46.6 Å². The first kappa shape index (κ1) is 15.2. The number of hydrogen-bond donors (Lipinski definition) is 1. The van der Waals surface area contributed by atoms with Gasteiger partial charge in [-0.1, -0.05) is 0 Å². The number of nitrogens with one attached hydrogen (secondary N) is 1. The van der Waals surface area contributed by atoms with E-state index in [-0.39, 0.29) is 11.9 Å². The molecule has 114 valence electrons. The maximum absolute atomic E-state index is 12.1. The molecule has 1 aliphatic rings. The molecule has 1 saturated heterocycles. The molecule has 0 aliphatic carbocycles. The largest absolute Gasteiger partial charge is 0.343 e. The molecule has 1 aliphatic heterocycles. The predicted molar refractivity (Wildman–Crippen MR) is 80.3 cm³/mol. The van der Waals surface area contributed by atoms with Gasteiger partial charge in [-0.25, -0.2) is 4.79 Å². The van der Waals surface area contributed by atoms with Crippen LogP contribution in [0.4, 0.5) is 10.5 Å². The quantitative estimate of drug-likeness (QED) is 0.883. The summed E-state index contributed by atoms with van der Waals surface area (Å²) in [6.45, 7) is 1.43. The van der Waals surface area contributed by atoms with Crippen molar-refractivity contribution < 1.29 is 9.59 Å². The van der Waals surface area contributed by atoms with Crippen LogP contribution in [0.3, 0.4) is 0 Å². The highest BCUT2D eigenvalue weighted by Crippen LogP contribution is 2.15. The lowest BCUT2D eigenvalue weighted by Crippen LogP contribution is -2.60. The van der Waals surface area contributed by atoms with Crippen LogP contribution in [0, 0.1) is 0 Å². The van der Waals surface area contributed by atoms with Gasteiger partial charge in [-0.15, -0.1) is 0 Å². The van der Waals surface area contributed by atoms with Crippen LogP contribution in [-0.2, 0) is 0 Å². The number of anilines is 1. The zero-order chi connectivity index (χ0) is 15.6. The van der Waals surface area contributed by atoms with Crippen molar-refractivity contribution in [3.63, 3.8) is 0 Å². The Morgan fingerprint density at radius 1 is 1.29 bits per heavy atom. The third-order valence-corrected chi connectivity index (χ3v) is 3.52.